The Hall–Kier alpha value is -0.530. The third-order valence-corrected chi connectivity index (χ3v) is 3.43. The zero-order chi connectivity index (χ0) is 9.10. The maximum atomic E-state index is 11.6. The van der Waals surface area contributed by atoms with Crippen LogP contribution in [0.3, 0.4) is 0 Å². The SMILES string of the molecule is O=C(NC1CCCCC1)C1CCC1. The molecule has 74 valence electrons. The van der Waals surface area contributed by atoms with Crippen LogP contribution in [0.15, 0.2) is 0 Å². The molecule has 0 aromatic carbocycles. The molecule has 0 spiro atoms. The van der Waals surface area contributed by atoms with Gasteiger partial charge in [-0.15, -0.1) is 0 Å². The summed E-state index contributed by atoms with van der Waals surface area (Å²) in [5.41, 5.74) is 0. The molecule has 0 heterocycles. The van der Waals surface area contributed by atoms with Crippen LogP contribution in [0.1, 0.15) is 51.4 Å². The molecule has 1 amide bonds. The molecule has 0 atom stereocenters. The van der Waals surface area contributed by atoms with Crippen molar-refractivity contribution in [2.45, 2.75) is 57.4 Å². The summed E-state index contributed by atoms with van der Waals surface area (Å²) in [4.78, 5) is 11.6. The van der Waals surface area contributed by atoms with E-state index < -0.39 is 0 Å². The molecule has 2 nitrogen and oxygen atoms in total. The Bertz CT molecular complexity index is 181. The summed E-state index contributed by atoms with van der Waals surface area (Å²) in [6.45, 7) is 0. The van der Waals surface area contributed by atoms with Gasteiger partial charge in [0, 0.05) is 12.0 Å². The number of carbonyl (C=O) groups is 1. The summed E-state index contributed by atoms with van der Waals surface area (Å²) in [5.74, 6) is 0.695. The fourth-order valence-corrected chi connectivity index (χ4v) is 2.24. The number of hydrogen-bond donors (Lipinski definition) is 1. The van der Waals surface area contributed by atoms with Crippen molar-refractivity contribution < 1.29 is 4.79 Å². The van der Waals surface area contributed by atoms with Gasteiger partial charge in [-0.05, 0) is 25.7 Å². The van der Waals surface area contributed by atoms with Crippen LogP contribution in [0.5, 0.6) is 0 Å². The van der Waals surface area contributed by atoms with Crippen LogP contribution >= 0.6 is 0 Å². The molecule has 2 heteroatoms. The van der Waals surface area contributed by atoms with E-state index in [-0.39, 0.29) is 0 Å². The average molecular weight is 181 g/mol. The smallest absolute Gasteiger partial charge is 0.223 e. The molecular weight excluding hydrogens is 162 g/mol. The summed E-state index contributed by atoms with van der Waals surface area (Å²) in [7, 11) is 0. The Kier molecular flexibility index (Phi) is 2.87. The van der Waals surface area contributed by atoms with Gasteiger partial charge in [0.2, 0.25) is 5.91 Å². The number of amides is 1. The minimum atomic E-state index is 0.332. The van der Waals surface area contributed by atoms with Crippen molar-refractivity contribution in [3.05, 3.63) is 0 Å². The van der Waals surface area contributed by atoms with Gasteiger partial charge in [0.15, 0.2) is 0 Å². The normalized spacial score (nSPS) is 25.2. The van der Waals surface area contributed by atoms with Gasteiger partial charge in [-0.2, -0.15) is 0 Å². The molecule has 0 aliphatic heterocycles. The second-order valence-electron chi connectivity index (χ2n) is 4.47. The van der Waals surface area contributed by atoms with E-state index in [1.165, 1.54) is 38.5 Å². The van der Waals surface area contributed by atoms with E-state index in [0.29, 0.717) is 17.9 Å². The maximum Gasteiger partial charge on any atom is 0.223 e. The van der Waals surface area contributed by atoms with Crippen molar-refractivity contribution in [3.8, 4) is 0 Å². The van der Waals surface area contributed by atoms with Gasteiger partial charge in [-0.3, -0.25) is 4.79 Å². The second kappa shape index (κ2) is 4.12. The fourth-order valence-electron chi connectivity index (χ4n) is 2.24. The zero-order valence-electron chi connectivity index (χ0n) is 8.22. The van der Waals surface area contributed by atoms with Crippen molar-refractivity contribution in [2.75, 3.05) is 0 Å². The summed E-state index contributed by atoms with van der Waals surface area (Å²) < 4.78 is 0. The van der Waals surface area contributed by atoms with E-state index in [4.69, 9.17) is 0 Å². The predicted octanol–water partition coefficient (Wildman–Crippen LogP) is 2.24. The average Bonchev–Trinajstić information content (AvgIpc) is 2.02. The third-order valence-electron chi connectivity index (χ3n) is 3.43. The van der Waals surface area contributed by atoms with Crippen LogP contribution in [-0.4, -0.2) is 11.9 Å². The van der Waals surface area contributed by atoms with Crippen LogP contribution < -0.4 is 5.32 Å². The highest BCUT2D eigenvalue weighted by molar-refractivity contribution is 5.79. The van der Waals surface area contributed by atoms with Crippen LogP contribution in [0, 0.1) is 5.92 Å². The highest BCUT2D eigenvalue weighted by Gasteiger charge is 2.27. The highest BCUT2D eigenvalue weighted by atomic mass is 16.2. The Morgan fingerprint density at radius 2 is 1.62 bits per heavy atom. The molecule has 1 N–H and O–H groups in total. The lowest BCUT2D eigenvalue weighted by Gasteiger charge is -2.29. The Morgan fingerprint density at radius 3 is 2.15 bits per heavy atom. The predicted molar refractivity (Wildman–Crippen MR) is 52.4 cm³/mol. The molecule has 0 aromatic rings. The number of nitrogens with one attached hydrogen (secondary N) is 1. The van der Waals surface area contributed by atoms with Crippen LogP contribution in [-0.2, 0) is 4.79 Å². The van der Waals surface area contributed by atoms with Crippen molar-refractivity contribution in [3.63, 3.8) is 0 Å². The Balaban J connectivity index is 1.72. The van der Waals surface area contributed by atoms with Gasteiger partial charge >= 0.3 is 0 Å². The van der Waals surface area contributed by atoms with Crippen LogP contribution in [0.4, 0.5) is 0 Å². The zero-order valence-corrected chi connectivity index (χ0v) is 8.22. The van der Waals surface area contributed by atoms with Gasteiger partial charge in [-0.1, -0.05) is 25.7 Å². The van der Waals surface area contributed by atoms with E-state index in [2.05, 4.69) is 5.32 Å². The van der Waals surface area contributed by atoms with Crippen LogP contribution in [0.2, 0.25) is 0 Å². The van der Waals surface area contributed by atoms with Gasteiger partial charge in [-0.25, -0.2) is 0 Å². The van der Waals surface area contributed by atoms with Crippen molar-refractivity contribution in [1.29, 1.82) is 0 Å². The summed E-state index contributed by atoms with van der Waals surface area (Å²) in [6.07, 6.45) is 9.87. The summed E-state index contributed by atoms with van der Waals surface area (Å²) in [6, 6.07) is 0.502. The molecule has 0 aromatic heterocycles. The first-order chi connectivity index (χ1) is 6.36. The molecule has 2 aliphatic rings. The van der Waals surface area contributed by atoms with Crippen molar-refractivity contribution in [2.24, 2.45) is 5.92 Å². The van der Waals surface area contributed by atoms with E-state index in [9.17, 15) is 4.79 Å². The van der Waals surface area contributed by atoms with Gasteiger partial charge in [0.05, 0.1) is 0 Å². The lowest BCUT2D eigenvalue weighted by atomic mass is 9.84. The molecule has 0 saturated heterocycles. The largest absolute Gasteiger partial charge is 0.353 e. The lowest BCUT2D eigenvalue weighted by molar-refractivity contribution is -0.128. The monoisotopic (exact) mass is 181 g/mol. The van der Waals surface area contributed by atoms with Gasteiger partial charge < -0.3 is 5.32 Å². The molecular formula is C11H19NO. The first-order valence-corrected chi connectivity index (χ1v) is 5.66. The quantitative estimate of drug-likeness (QED) is 0.695. The molecule has 2 rings (SSSR count). The van der Waals surface area contributed by atoms with Gasteiger partial charge in [0.25, 0.3) is 0 Å². The van der Waals surface area contributed by atoms with E-state index >= 15 is 0 Å². The first kappa shape index (κ1) is 9.04. The molecule has 2 fully saturated rings. The minimum absolute atomic E-state index is 0.332. The van der Waals surface area contributed by atoms with E-state index in [0.717, 1.165) is 12.8 Å². The topological polar surface area (TPSA) is 29.1 Å². The number of hydrogen-bond acceptors (Lipinski definition) is 1. The highest BCUT2D eigenvalue weighted by Crippen LogP contribution is 2.27. The molecule has 0 unspecified atom stereocenters. The van der Waals surface area contributed by atoms with Crippen LogP contribution in [0.25, 0.3) is 0 Å². The summed E-state index contributed by atoms with van der Waals surface area (Å²) in [5, 5.41) is 3.18. The number of rotatable bonds is 2. The molecule has 13 heavy (non-hydrogen) atoms. The lowest BCUT2D eigenvalue weighted by Crippen LogP contribution is -2.41. The van der Waals surface area contributed by atoms with E-state index in [1.807, 2.05) is 0 Å². The molecule has 0 bridgehead atoms. The molecule has 0 radical (unpaired) electrons. The minimum Gasteiger partial charge on any atom is -0.353 e. The summed E-state index contributed by atoms with van der Waals surface area (Å²) >= 11 is 0. The first-order valence-electron chi connectivity index (χ1n) is 5.66. The van der Waals surface area contributed by atoms with Crippen molar-refractivity contribution >= 4 is 5.91 Å². The number of carbonyl (C=O) groups excluding carboxylic acids is 1. The Labute approximate surface area is 80.1 Å². The third kappa shape index (κ3) is 2.23. The van der Waals surface area contributed by atoms with E-state index in [1.54, 1.807) is 0 Å². The molecule has 2 aliphatic carbocycles. The van der Waals surface area contributed by atoms with Gasteiger partial charge in [0.1, 0.15) is 0 Å². The fraction of sp³-hybridized carbons (Fsp3) is 0.909. The molecule has 2 saturated carbocycles. The standard InChI is InChI=1S/C11H19NO/c13-11(9-5-4-6-9)12-10-7-2-1-3-8-10/h9-10H,1-8H2,(H,12,13). The maximum absolute atomic E-state index is 11.6. The second-order valence-corrected chi connectivity index (χ2v) is 4.47. The van der Waals surface area contributed by atoms with Crippen molar-refractivity contribution in [1.82, 2.24) is 5.32 Å². The Morgan fingerprint density at radius 1 is 0.923 bits per heavy atom.